The van der Waals surface area contributed by atoms with Gasteiger partial charge in [-0.3, -0.25) is 9.59 Å². The van der Waals surface area contributed by atoms with Crippen LogP contribution in [0.1, 0.15) is 53.9 Å². The average molecular weight is 276 g/mol. The summed E-state index contributed by atoms with van der Waals surface area (Å²) in [6.45, 7) is 9.86. The van der Waals surface area contributed by atoms with Gasteiger partial charge in [0.25, 0.3) is 0 Å². The van der Waals surface area contributed by atoms with Crippen LogP contribution in [0.15, 0.2) is 0 Å². The van der Waals surface area contributed by atoms with Gasteiger partial charge in [-0.25, -0.2) is 0 Å². The topological polar surface area (TPSA) is 72.8 Å². The zero-order valence-electron chi connectivity index (χ0n) is 12.8. The molecule has 0 fully saturated rings. The minimum atomic E-state index is -0.828. The molecule has 0 aliphatic rings. The van der Waals surface area contributed by atoms with Crippen molar-refractivity contribution in [3.63, 3.8) is 0 Å². The van der Waals surface area contributed by atoms with Crippen molar-refractivity contribution in [2.24, 2.45) is 0 Å². The van der Waals surface area contributed by atoms with Crippen LogP contribution in [0.2, 0.25) is 0 Å². The molecule has 5 heteroatoms. The van der Waals surface area contributed by atoms with E-state index in [1.54, 1.807) is 13.8 Å². The van der Waals surface area contributed by atoms with Gasteiger partial charge in [0.15, 0.2) is 0 Å². The van der Waals surface area contributed by atoms with Crippen molar-refractivity contribution < 1.29 is 24.2 Å². The summed E-state index contributed by atoms with van der Waals surface area (Å²) in [7, 11) is 0. The van der Waals surface area contributed by atoms with Gasteiger partial charge in [0.1, 0.15) is 12.4 Å². The van der Waals surface area contributed by atoms with E-state index in [2.05, 4.69) is 11.7 Å². The van der Waals surface area contributed by atoms with Gasteiger partial charge in [0.05, 0.1) is 12.2 Å². The molecule has 19 heavy (non-hydrogen) atoms. The van der Waals surface area contributed by atoms with Gasteiger partial charge in [0.2, 0.25) is 0 Å². The van der Waals surface area contributed by atoms with Crippen LogP contribution in [-0.2, 0) is 19.1 Å². The number of rotatable bonds is 8. The largest absolute Gasteiger partial charge is 0.463 e. The van der Waals surface area contributed by atoms with Crippen molar-refractivity contribution in [1.82, 2.24) is 0 Å². The molecule has 0 bridgehead atoms. The maximum Gasteiger partial charge on any atom is 0.302 e. The fourth-order valence-corrected chi connectivity index (χ4v) is 1.20. The van der Waals surface area contributed by atoms with Crippen molar-refractivity contribution >= 4 is 11.8 Å². The minimum Gasteiger partial charge on any atom is -0.463 e. The molecule has 0 aliphatic carbocycles. The second kappa shape index (κ2) is 12.1. The lowest BCUT2D eigenvalue weighted by Gasteiger charge is -2.13. The van der Waals surface area contributed by atoms with E-state index in [9.17, 15) is 9.59 Å². The van der Waals surface area contributed by atoms with Gasteiger partial charge in [-0.2, -0.15) is 0 Å². The third-order valence-electron chi connectivity index (χ3n) is 1.86. The smallest absolute Gasteiger partial charge is 0.302 e. The third kappa shape index (κ3) is 26.6. The quantitative estimate of drug-likeness (QED) is 0.543. The van der Waals surface area contributed by atoms with Gasteiger partial charge in [-0.15, -0.1) is 0 Å². The standard InChI is InChI=1S/C8H16O3.C6H12O2/c1-3-4-5-10-6-7-11-8(2)9;1-5(7)4-6(2,3)8/h3-7H2,1-2H3;8H,4H2,1-3H3. The number of hydrogen-bond donors (Lipinski definition) is 1. The SMILES string of the molecule is CC(=O)CC(C)(C)O.CCCCOCCOC(C)=O. The highest BCUT2D eigenvalue weighted by Gasteiger charge is 2.13. The molecule has 0 saturated heterocycles. The Bertz CT molecular complexity index is 243. The second-order valence-corrected chi connectivity index (χ2v) is 5.00. The Hall–Kier alpha value is -0.940. The first kappa shape index (κ1) is 20.4. The molecular weight excluding hydrogens is 248 g/mol. The summed E-state index contributed by atoms with van der Waals surface area (Å²) in [5, 5.41) is 8.97. The van der Waals surface area contributed by atoms with E-state index in [1.165, 1.54) is 13.8 Å². The molecule has 0 radical (unpaired) electrons. The number of carbonyl (C=O) groups is 2. The Kier molecular flexibility index (Phi) is 13.0. The average Bonchev–Trinajstić information content (AvgIpc) is 2.20. The van der Waals surface area contributed by atoms with Gasteiger partial charge in [-0.05, 0) is 27.2 Å². The van der Waals surface area contributed by atoms with Crippen molar-refractivity contribution in [3.05, 3.63) is 0 Å². The number of unbranched alkanes of at least 4 members (excludes halogenated alkanes) is 1. The number of carbonyl (C=O) groups excluding carboxylic acids is 2. The summed E-state index contributed by atoms with van der Waals surface area (Å²) in [4.78, 5) is 20.6. The summed E-state index contributed by atoms with van der Waals surface area (Å²) < 4.78 is 9.81. The first-order valence-electron chi connectivity index (χ1n) is 6.62. The summed E-state index contributed by atoms with van der Waals surface area (Å²) in [6, 6.07) is 0. The van der Waals surface area contributed by atoms with Crippen LogP contribution in [0.5, 0.6) is 0 Å². The van der Waals surface area contributed by atoms with Gasteiger partial charge in [-0.1, -0.05) is 13.3 Å². The monoisotopic (exact) mass is 276 g/mol. The van der Waals surface area contributed by atoms with E-state index in [-0.39, 0.29) is 18.2 Å². The number of Topliss-reactive ketones (excluding diaryl/α,β-unsaturated/α-hetero) is 1. The molecule has 0 heterocycles. The zero-order chi connectivity index (χ0) is 15.3. The molecule has 0 rings (SSSR count). The molecule has 0 aliphatic heterocycles. The van der Waals surface area contributed by atoms with E-state index in [1.807, 2.05) is 0 Å². The van der Waals surface area contributed by atoms with Crippen molar-refractivity contribution in [1.29, 1.82) is 0 Å². The van der Waals surface area contributed by atoms with E-state index in [0.29, 0.717) is 13.2 Å². The highest BCUT2D eigenvalue weighted by Crippen LogP contribution is 2.06. The normalized spacial score (nSPS) is 10.4. The Balaban J connectivity index is 0. The maximum absolute atomic E-state index is 10.3. The highest BCUT2D eigenvalue weighted by atomic mass is 16.6. The zero-order valence-corrected chi connectivity index (χ0v) is 12.8. The Labute approximate surface area is 116 Å². The predicted molar refractivity (Wildman–Crippen MR) is 74.0 cm³/mol. The van der Waals surface area contributed by atoms with Crippen molar-refractivity contribution in [2.45, 2.75) is 59.5 Å². The lowest BCUT2D eigenvalue weighted by Crippen LogP contribution is -2.21. The molecule has 0 spiro atoms. The lowest BCUT2D eigenvalue weighted by molar-refractivity contribution is -0.142. The molecule has 114 valence electrons. The molecule has 5 nitrogen and oxygen atoms in total. The minimum absolute atomic E-state index is 0.0255. The van der Waals surface area contributed by atoms with Crippen LogP contribution >= 0.6 is 0 Å². The van der Waals surface area contributed by atoms with Crippen molar-refractivity contribution in [2.75, 3.05) is 19.8 Å². The molecule has 0 aromatic carbocycles. The van der Waals surface area contributed by atoms with Crippen LogP contribution in [0.3, 0.4) is 0 Å². The lowest BCUT2D eigenvalue weighted by atomic mass is 10.0. The fraction of sp³-hybridized carbons (Fsp3) is 0.857. The van der Waals surface area contributed by atoms with E-state index >= 15 is 0 Å². The van der Waals surface area contributed by atoms with E-state index < -0.39 is 5.60 Å². The molecule has 0 aromatic rings. The maximum atomic E-state index is 10.3. The van der Waals surface area contributed by atoms with E-state index in [0.717, 1.165) is 19.4 Å². The van der Waals surface area contributed by atoms with Gasteiger partial charge in [0, 0.05) is 20.0 Å². The number of ketones is 1. The third-order valence-corrected chi connectivity index (χ3v) is 1.86. The predicted octanol–water partition coefficient (Wildman–Crippen LogP) is 2.10. The summed E-state index contributed by atoms with van der Waals surface area (Å²) >= 11 is 0. The Morgan fingerprint density at radius 3 is 2.00 bits per heavy atom. The first-order valence-corrected chi connectivity index (χ1v) is 6.62. The first-order chi connectivity index (χ1) is 8.69. The van der Waals surface area contributed by atoms with E-state index in [4.69, 9.17) is 9.84 Å². The van der Waals surface area contributed by atoms with Gasteiger partial charge < -0.3 is 14.6 Å². The van der Waals surface area contributed by atoms with Crippen LogP contribution in [0.4, 0.5) is 0 Å². The number of aliphatic hydroxyl groups is 1. The Morgan fingerprint density at radius 1 is 1.11 bits per heavy atom. The summed E-state index contributed by atoms with van der Waals surface area (Å²) in [5.41, 5.74) is -0.828. The molecule has 0 saturated carbocycles. The molecule has 0 amide bonds. The molecule has 0 aromatic heterocycles. The highest BCUT2D eigenvalue weighted by molar-refractivity contribution is 5.76. The molecular formula is C14H28O5. The van der Waals surface area contributed by atoms with Crippen LogP contribution < -0.4 is 0 Å². The second-order valence-electron chi connectivity index (χ2n) is 5.00. The van der Waals surface area contributed by atoms with Crippen LogP contribution in [0.25, 0.3) is 0 Å². The Morgan fingerprint density at radius 2 is 1.68 bits per heavy atom. The van der Waals surface area contributed by atoms with Crippen LogP contribution in [0, 0.1) is 0 Å². The molecule has 0 unspecified atom stereocenters. The number of ether oxygens (including phenoxy) is 2. The molecule has 0 atom stereocenters. The summed E-state index contributed by atoms with van der Waals surface area (Å²) in [5.74, 6) is -0.221. The number of esters is 1. The van der Waals surface area contributed by atoms with Gasteiger partial charge >= 0.3 is 5.97 Å². The fourth-order valence-electron chi connectivity index (χ4n) is 1.20. The molecule has 1 N–H and O–H groups in total. The van der Waals surface area contributed by atoms with Crippen LogP contribution in [-0.4, -0.2) is 42.3 Å². The van der Waals surface area contributed by atoms with Crippen molar-refractivity contribution in [3.8, 4) is 0 Å². The number of hydrogen-bond acceptors (Lipinski definition) is 5. The summed E-state index contributed by atoms with van der Waals surface area (Å²) in [6.07, 6.45) is 2.45.